The van der Waals surface area contributed by atoms with E-state index in [0.717, 1.165) is 59.3 Å². The molecule has 1 aromatic heterocycles. The first kappa shape index (κ1) is 38.4. The number of rotatable bonds is 19. The maximum Gasteiger partial charge on any atom is 0.254 e. The van der Waals surface area contributed by atoms with Crippen LogP contribution in [0.3, 0.4) is 0 Å². The molecule has 2 aromatic carbocycles. The van der Waals surface area contributed by atoms with Crippen LogP contribution in [0.5, 0.6) is 5.75 Å². The zero-order valence-corrected chi connectivity index (χ0v) is 29.5. The number of aliphatic hydroxyl groups is 6. The Hall–Kier alpha value is -2.84. The molecule has 2 fully saturated rings. The van der Waals surface area contributed by atoms with E-state index in [0.29, 0.717) is 29.3 Å². The van der Waals surface area contributed by atoms with Crippen molar-refractivity contribution >= 4 is 29.1 Å². The first-order valence-corrected chi connectivity index (χ1v) is 17.8. The molecule has 11 nitrogen and oxygen atoms in total. The van der Waals surface area contributed by atoms with Crippen molar-refractivity contribution in [2.24, 2.45) is 0 Å². The van der Waals surface area contributed by atoms with E-state index in [9.17, 15) is 30.3 Å². The summed E-state index contributed by atoms with van der Waals surface area (Å²) in [6, 6.07) is 13.7. The summed E-state index contributed by atoms with van der Waals surface area (Å²) in [5, 5.41) is 60.0. The highest BCUT2D eigenvalue weighted by molar-refractivity contribution is 6.34. The van der Waals surface area contributed by atoms with Crippen molar-refractivity contribution in [1.29, 1.82) is 0 Å². The molecule has 2 saturated carbocycles. The number of carbonyl (C=O) groups excluding carboxylic acids is 1. The number of benzene rings is 2. The molecule has 5 atom stereocenters. The summed E-state index contributed by atoms with van der Waals surface area (Å²) < 4.78 is 12.8. The number of nitrogens with zero attached hydrogens (tertiary/aromatic N) is 2. The van der Waals surface area contributed by atoms with Crippen molar-refractivity contribution < 1.29 is 44.9 Å². The molecule has 1 heterocycles. The first-order chi connectivity index (χ1) is 23.9. The molecule has 0 aliphatic heterocycles. The second-order valence-corrected chi connectivity index (χ2v) is 14.1. The van der Waals surface area contributed by atoms with E-state index in [4.69, 9.17) is 37.8 Å². The van der Waals surface area contributed by atoms with Crippen LogP contribution in [0.1, 0.15) is 62.1 Å². The number of aromatic nitrogens is 1. The molecule has 1 amide bonds. The molecule has 50 heavy (non-hydrogen) atoms. The van der Waals surface area contributed by atoms with Gasteiger partial charge in [-0.2, -0.15) is 0 Å². The monoisotopic (exact) mass is 732 g/mol. The van der Waals surface area contributed by atoms with E-state index >= 15 is 0 Å². The van der Waals surface area contributed by atoms with Crippen molar-refractivity contribution in [2.45, 2.75) is 101 Å². The standard InChI is InChI=1S/C37H46Cl2N2O9/c1-22(43)19-41(36(48)35(47)34(46)33(45)31(44)20-42)15-5-4-6-23-16-30(39)24(17-29(23)38)21-49-37(12-13-37)28-18-40-14-11-26(28)27-7-2-3-8-32(27)50-25-9-10-25/h2-3,7-8,11,14,16-18,22,25,31,33-35,42-47H,4-6,9-10,12-13,15,19-21H2,1H3/t22-,31+,33-,34+,35?/m1/s1. The Morgan fingerprint density at radius 2 is 1.68 bits per heavy atom. The summed E-state index contributed by atoms with van der Waals surface area (Å²) in [6.45, 7) is 0.883. The Bertz CT molecular complexity index is 1600. The van der Waals surface area contributed by atoms with Gasteiger partial charge < -0.3 is 45.0 Å². The van der Waals surface area contributed by atoms with Crippen molar-refractivity contribution in [2.75, 3.05) is 19.7 Å². The molecule has 1 unspecified atom stereocenters. The predicted molar refractivity (Wildman–Crippen MR) is 188 cm³/mol. The summed E-state index contributed by atoms with van der Waals surface area (Å²) >= 11 is 13.4. The lowest BCUT2D eigenvalue weighted by Gasteiger charge is -2.30. The molecule has 0 spiro atoms. The van der Waals surface area contributed by atoms with Gasteiger partial charge in [-0.15, -0.1) is 0 Å². The number of ether oxygens (including phenoxy) is 2. The molecule has 0 saturated heterocycles. The van der Waals surface area contributed by atoms with Crippen LogP contribution in [0, 0.1) is 0 Å². The predicted octanol–water partition coefficient (Wildman–Crippen LogP) is 3.77. The lowest BCUT2D eigenvalue weighted by molar-refractivity contribution is -0.159. The average Bonchev–Trinajstić information content (AvgIpc) is 4.06. The maximum atomic E-state index is 12.9. The molecule has 5 rings (SSSR count). The fourth-order valence-electron chi connectivity index (χ4n) is 5.99. The SMILES string of the molecule is C[C@@H](O)CN(CCCCc1cc(Cl)c(COC2(c3cnccc3-c3ccccc3OC3CC3)CC2)cc1Cl)C(=O)C(O)[C@@H](O)[C@H](O)[C@@H](O)CO. The third-order valence-corrected chi connectivity index (χ3v) is 9.86. The summed E-state index contributed by atoms with van der Waals surface area (Å²) in [7, 11) is 0. The molecular formula is C37H46Cl2N2O9. The number of hydrogen-bond donors (Lipinski definition) is 6. The Kier molecular flexibility index (Phi) is 13.1. The lowest BCUT2D eigenvalue weighted by atomic mass is 9.96. The van der Waals surface area contributed by atoms with Crippen LogP contribution in [0.15, 0.2) is 54.9 Å². The Balaban J connectivity index is 1.19. The second-order valence-electron chi connectivity index (χ2n) is 13.3. The molecule has 0 bridgehead atoms. The highest BCUT2D eigenvalue weighted by Gasteiger charge is 2.48. The van der Waals surface area contributed by atoms with Gasteiger partial charge in [-0.1, -0.05) is 41.4 Å². The van der Waals surface area contributed by atoms with Crippen LogP contribution in [0.2, 0.25) is 10.0 Å². The topological polar surface area (TPSA) is 173 Å². The molecule has 0 radical (unpaired) electrons. The van der Waals surface area contributed by atoms with Gasteiger partial charge in [-0.3, -0.25) is 9.78 Å². The Morgan fingerprint density at radius 1 is 0.980 bits per heavy atom. The van der Waals surface area contributed by atoms with E-state index in [-0.39, 0.29) is 25.8 Å². The van der Waals surface area contributed by atoms with Crippen LogP contribution in [-0.2, 0) is 28.2 Å². The summed E-state index contributed by atoms with van der Waals surface area (Å²) in [5.41, 5.74) is 4.12. The van der Waals surface area contributed by atoms with E-state index in [1.165, 1.54) is 11.8 Å². The number of pyridine rings is 1. The third-order valence-electron chi connectivity index (χ3n) is 9.16. The second kappa shape index (κ2) is 17.1. The minimum atomic E-state index is -2.07. The Labute approximate surface area is 302 Å². The van der Waals surface area contributed by atoms with Gasteiger partial charge in [0.1, 0.15) is 24.1 Å². The molecule has 13 heteroatoms. The van der Waals surface area contributed by atoms with Crippen LogP contribution in [0.4, 0.5) is 0 Å². The van der Waals surface area contributed by atoms with Gasteiger partial charge >= 0.3 is 0 Å². The zero-order chi connectivity index (χ0) is 36.0. The minimum Gasteiger partial charge on any atom is -0.490 e. The highest BCUT2D eigenvalue weighted by atomic mass is 35.5. The zero-order valence-electron chi connectivity index (χ0n) is 28.0. The quantitative estimate of drug-likeness (QED) is 0.0997. The van der Waals surface area contributed by atoms with Gasteiger partial charge in [-0.05, 0) is 92.8 Å². The largest absolute Gasteiger partial charge is 0.490 e. The van der Waals surface area contributed by atoms with Crippen LogP contribution >= 0.6 is 23.2 Å². The van der Waals surface area contributed by atoms with Crippen LogP contribution in [0.25, 0.3) is 11.1 Å². The van der Waals surface area contributed by atoms with Crippen molar-refractivity contribution in [3.8, 4) is 16.9 Å². The van der Waals surface area contributed by atoms with Crippen molar-refractivity contribution in [3.63, 3.8) is 0 Å². The molecule has 6 N–H and O–H groups in total. The van der Waals surface area contributed by atoms with E-state index in [2.05, 4.69) is 11.1 Å². The van der Waals surface area contributed by atoms with Gasteiger partial charge in [0.15, 0.2) is 6.10 Å². The molecule has 2 aliphatic carbocycles. The number of aryl methyl sites for hydroxylation is 1. The van der Waals surface area contributed by atoms with E-state index < -0.39 is 48.6 Å². The molecule has 272 valence electrons. The minimum absolute atomic E-state index is 0.120. The van der Waals surface area contributed by atoms with Crippen LogP contribution in [-0.4, -0.2) is 103 Å². The van der Waals surface area contributed by atoms with Gasteiger partial charge in [-0.25, -0.2) is 0 Å². The number of aliphatic hydroxyl groups excluding tert-OH is 6. The highest BCUT2D eigenvalue weighted by Crippen LogP contribution is 2.53. The number of unbranched alkanes of at least 4 members (excludes halogenated alkanes) is 1. The third kappa shape index (κ3) is 9.52. The van der Waals surface area contributed by atoms with E-state index in [1.807, 2.05) is 42.6 Å². The molecular weight excluding hydrogens is 687 g/mol. The van der Waals surface area contributed by atoms with E-state index in [1.54, 1.807) is 6.20 Å². The fourth-order valence-corrected chi connectivity index (χ4v) is 6.51. The van der Waals surface area contributed by atoms with Gasteiger partial charge in [0, 0.05) is 46.7 Å². The number of halogens is 2. The van der Waals surface area contributed by atoms with Gasteiger partial charge in [0.25, 0.3) is 5.91 Å². The normalized spacial score (nSPS) is 18.2. The first-order valence-electron chi connectivity index (χ1n) is 17.1. The van der Waals surface area contributed by atoms with Gasteiger partial charge in [0.2, 0.25) is 0 Å². The summed E-state index contributed by atoms with van der Waals surface area (Å²) in [6.07, 6.45) is 0.637. The Morgan fingerprint density at radius 3 is 2.36 bits per heavy atom. The maximum absolute atomic E-state index is 12.9. The smallest absolute Gasteiger partial charge is 0.254 e. The number of amides is 1. The summed E-state index contributed by atoms with van der Waals surface area (Å²) in [4.78, 5) is 18.5. The van der Waals surface area contributed by atoms with Crippen molar-refractivity contribution in [3.05, 3.63) is 81.6 Å². The summed E-state index contributed by atoms with van der Waals surface area (Å²) in [5.74, 6) is -0.0622. The number of carbonyl (C=O) groups is 1. The number of para-hydroxylation sites is 1. The van der Waals surface area contributed by atoms with Crippen molar-refractivity contribution in [1.82, 2.24) is 9.88 Å². The molecule has 3 aromatic rings. The fraction of sp³-hybridized carbons (Fsp3) is 0.514. The number of hydrogen-bond acceptors (Lipinski definition) is 10. The average molecular weight is 734 g/mol. The van der Waals surface area contributed by atoms with Crippen LogP contribution < -0.4 is 4.74 Å². The van der Waals surface area contributed by atoms with Gasteiger partial charge in [0.05, 0.1) is 31.0 Å². The lowest BCUT2D eigenvalue weighted by Crippen LogP contribution is -2.53. The molecule has 2 aliphatic rings.